The van der Waals surface area contributed by atoms with E-state index in [1.807, 2.05) is 0 Å². The molecule has 0 saturated heterocycles. The van der Waals surface area contributed by atoms with Crippen molar-refractivity contribution in [1.29, 1.82) is 0 Å². The third kappa shape index (κ3) is 4.12. The zero-order valence-corrected chi connectivity index (χ0v) is 16.1. The Hall–Kier alpha value is -2.23. The van der Waals surface area contributed by atoms with Crippen molar-refractivity contribution in [3.63, 3.8) is 0 Å². The third-order valence-electron chi connectivity index (χ3n) is 4.50. The van der Waals surface area contributed by atoms with Crippen molar-refractivity contribution in [2.24, 2.45) is 7.05 Å². The average Bonchev–Trinajstić information content (AvgIpc) is 2.91. The first-order valence-electron chi connectivity index (χ1n) is 8.59. The van der Waals surface area contributed by atoms with Gasteiger partial charge in [-0.15, -0.1) is 0 Å². The number of carbonyl (C=O) groups excluding carboxylic acids is 2. The van der Waals surface area contributed by atoms with E-state index in [-0.39, 0.29) is 30.6 Å². The van der Waals surface area contributed by atoms with Crippen molar-refractivity contribution in [3.05, 3.63) is 21.3 Å². The number of amides is 2. The minimum absolute atomic E-state index is 0.101. The fourth-order valence-electron chi connectivity index (χ4n) is 3.16. The minimum Gasteiger partial charge on any atom is -0.352 e. The summed E-state index contributed by atoms with van der Waals surface area (Å²) in [7, 11) is 1.68. The number of aromatic nitrogens is 4. The number of nitrogens with zero attached hydrogens (tertiary/aromatic N) is 4. The van der Waals surface area contributed by atoms with Crippen LogP contribution >= 0.6 is 15.9 Å². The Morgan fingerprint density at radius 2 is 2.00 bits per heavy atom. The lowest BCUT2D eigenvalue weighted by atomic mass is 9.95. The van der Waals surface area contributed by atoms with E-state index >= 15 is 0 Å². The molecule has 140 valence electrons. The molecular formula is C16H21BrN6O3. The summed E-state index contributed by atoms with van der Waals surface area (Å²) in [4.78, 5) is 40.7. The molecule has 0 atom stereocenters. The molecule has 2 amide bonds. The second kappa shape index (κ2) is 7.98. The monoisotopic (exact) mass is 424 g/mol. The molecular weight excluding hydrogens is 404 g/mol. The molecule has 1 saturated carbocycles. The Labute approximate surface area is 158 Å². The first-order valence-corrected chi connectivity index (χ1v) is 9.38. The molecule has 2 N–H and O–H groups in total. The van der Waals surface area contributed by atoms with Gasteiger partial charge >= 0.3 is 0 Å². The van der Waals surface area contributed by atoms with Crippen molar-refractivity contribution < 1.29 is 9.59 Å². The molecule has 10 heteroatoms. The van der Waals surface area contributed by atoms with Crippen molar-refractivity contribution in [2.45, 2.75) is 44.7 Å². The first kappa shape index (κ1) is 18.6. The number of nitrogens with one attached hydrogen (secondary N) is 2. The molecule has 0 aliphatic heterocycles. The lowest BCUT2D eigenvalue weighted by Crippen LogP contribution is -2.43. The molecule has 0 radical (unpaired) electrons. The van der Waals surface area contributed by atoms with E-state index in [2.05, 4.69) is 36.6 Å². The van der Waals surface area contributed by atoms with Gasteiger partial charge in [-0.25, -0.2) is 9.67 Å². The highest BCUT2D eigenvalue weighted by Gasteiger charge is 2.17. The fraction of sp³-hybridized carbons (Fsp3) is 0.562. The normalized spacial score (nSPS) is 15.2. The predicted molar refractivity (Wildman–Crippen MR) is 98.5 cm³/mol. The van der Waals surface area contributed by atoms with Gasteiger partial charge in [-0.2, -0.15) is 5.10 Å². The van der Waals surface area contributed by atoms with Crippen LogP contribution in [0.1, 0.15) is 32.1 Å². The molecule has 3 rings (SSSR count). The topological polar surface area (TPSA) is 111 Å². The second-order valence-electron chi connectivity index (χ2n) is 6.47. The Morgan fingerprint density at radius 1 is 1.27 bits per heavy atom. The molecule has 0 spiro atoms. The molecule has 9 nitrogen and oxygen atoms in total. The molecule has 1 fully saturated rings. The van der Waals surface area contributed by atoms with Crippen LogP contribution in [0, 0.1) is 0 Å². The summed E-state index contributed by atoms with van der Waals surface area (Å²) in [6.45, 7) is -0.309. The Bertz CT molecular complexity index is 884. The van der Waals surface area contributed by atoms with E-state index in [9.17, 15) is 14.4 Å². The number of aryl methyl sites for hydroxylation is 1. The van der Waals surface area contributed by atoms with Crippen LogP contribution in [-0.2, 0) is 23.2 Å². The lowest BCUT2D eigenvalue weighted by molar-refractivity contribution is -0.126. The minimum atomic E-state index is -0.424. The van der Waals surface area contributed by atoms with Gasteiger partial charge in [-0.1, -0.05) is 19.3 Å². The van der Waals surface area contributed by atoms with E-state index in [0.717, 1.165) is 25.7 Å². The quantitative estimate of drug-likeness (QED) is 0.723. The van der Waals surface area contributed by atoms with Gasteiger partial charge in [0.25, 0.3) is 5.56 Å². The van der Waals surface area contributed by atoms with E-state index in [1.165, 1.54) is 22.0 Å². The standard InChI is InChI=1S/C16H21BrN6O3/c1-22-15-13(14(17)21-22)16(26)23(9-19-15)8-12(25)18-7-11(24)20-10-5-3-2-4-6-10/h9-10H,2-8H2,1H3,(H,18,25)(H,20,24). The first-order chi connectivity index (χ1) is 12.5. The fourth-order valence-corrected chi connectivity index (χ4v) is 3.75. The zero-order valence-electron chi connectivity index (χ0n) is 14.5. The van der Waals surface area contributed by atoms with Crippen LogP contribution in [0.25, 0.3) is 11.0 Å². The maximum atomic E-state index is 12.5. The number of hydrogen-bond donors (Lipinski definition) is 2. The molecule has 2 heterocycles. The van der Waals surface area contributed by atoms with Crippen molar-refractivity contribution in [2.75, 3.05) is 6.54 Å². The molecule has 1 aliphatic carbocycles. The zero-order chi connectivity index (χ0) is 18.7. The molecule has 26 heavy (non-hydrogen) atoms. The van der Waals surface area contributed by atoms with Crippen molar-refractivity contribution in [3.8, 4) is 0 Å². The van der Waals surface area contributed by atoms with Gasteiger partial charge < -0.3 is 10.6 Å². The number of rotatable bonds is 5. The smallest absolute Gasteiger partial charge is 0.266 e. The number of fused-ring (bicyclic) bond motifs is 1. The highest BCUT2D eigenvalue weighted by Crippen LogP contribution is 2.17. The van der Waals surface area contributed by atoms with Gasteiger partial charge in [0.2, 0.25) is 11.8 Å². The summed E-state index contributed by atoms with van der Waals surface area (Å²) in [5.41, 5.74) is 0.0715. The average molecular weight is 425 g/mol. The number of hydrogen-bond acceptors (Lipinski definition) is 5. The van der Waals surface area contributed by atoms with Gasteiger partial charge in [0.15, 0.2) is 5.65 Å². The highest BCUT2D eigenvalue weighted by molar-refractivity contribution is 9.10. The van der Waals surface area contributed by atoms with Gasteiger partial charge in [-0.3, -0.25) is 19.0 Å². The summed E-state index contributed by atoms with van der Waals surface area (Å²) >= 11 is 3.23. The van der Waals surface area contributed by atoms with Crippen LogP contribution in [0.4, 0.5) is 0 Å². The maximum Gasteiger partial charge on any atom is 0.266 e. The van der Waals surface area contributed by atoms with Gasteiger partial charge in [-0.05, 0) is 28.8 Å². The van der Waals surface area contributed by atoms with Crippen LogP contribution in [0.5, 0.6) is 0 Å². The van der Waals surface area contributed by atoms with Crippen LogP contribution in [0.15, 0.2) is 15.7 Å². The summed E-state index contributed by atoms with van der Waals surface area (Å²) in [6.07, 6.45) is 6.74. The van der Waals surface area contributed by atoms with Crippen LogP contribution in [0.3, 0.4) is 0 Å². The Morgan fingerprint density at radius 3 is 2.73 bits per heavy atom. The maximum absolute atomic E-state index is 12.5. The van der Waals surface area contributed by atoms with Crippen LogP contribution < -0.4 is 16.2 Å². The number of halogens is 1. The third-order valence-corrected chi connectivity index (χ3v) is 5.05. The molecule has 0 unspecified atom stereocenters. The molecule has 0 bridgehead atoms. The largest absolute Gasteiger partial charge is 0.352 e. The molecule has 2 aromatic rings. The van der Waals surface area contributed by atoms with E-state index in [0.29, 0.717) is 15.6 Å². The predicted octanol–water partition coefficient (Wildman–Crippen LogP) is 0.458. The van der Waals surface area contributed by atoms with Crippen LogP contribution in [-0.4, -0.2) is 43.7 Å². The molecule has 1 aliphatic rings. The SMILES string of the molecule is Cn1nc(Br)c2c(=O)n(CC(=O)NCC(=O)NC3CCCCC3)cnc21. The summed E-state index contributed by atoms with van der Waals surface area (Å²) in [5, 5.41) is 9.88. The Balaban J connectivity index is 1.57. The van der Waals surface area contributed by atoms with Gasteiger partial charge in [0.1, 0.15) is 22.9 Å². The van der Waals surface area contributed by atoms with Gasteiger partial charge in [0, 0.05) is 13.1 Å². The van der Waals surface area contributed by atoms with Crippen LogP contribution in [0.2, 0.25) is 0 Å². The Kier molecular flexibility index (Phi) is 5.70. The molecule has 0 aromatic carbocycles. The summed E-state index contributed by atoms with van der Waals surface area (Å²) in [5.74, 6) is -0.631. The van der Waals surface area contributed by atoms with Gasteiger partial charge in [0.05, 0.1) is 6.54 Å². The second-order valence-corrected chi connectivity index (χ2v) is 7.22. The number of carbonyl (C=O) groups is 2. The highest BCUT2D eigenvalue weighted by atomic mass is 79.9. The summed E-state index contributed by atoms with van der Waals surface area (Å²) in [6, 6.07) is 0.199. The van der Waals surface area contributed by atoms with E-state index in [1.54, 1.807) is 7.05 Å². The van der Waals surface area contributed by atoms with E-state index < -0.39 is 5.91 Å². The summed E-state index contributed by atoms with van der Waals surface area (Å²) < 4.78 is 3.07. The lowest BCUT2D eigenvalue weighted by Gasteiger charge is -2.22. The van der Waals surface area contributed by atoms with Crippen molar-refractivity contribution >= 4 is 38.8 Å². The van der Waals surface area contributed by atoms with E-state index in [4.69, 9.17) is 0 Å². The molecule has 2 aromatic heterocycles. The van der Waals surface area contributed by atoms with Crippen molar-refractivity contribution in [1.82, 2.24) is 30.0 Å².